The van der Waals surface area contributed by atoms with Crippen molar-refractivity contribution < 1.29 is 14.4 Å². The Morgan fingerprint density at radius 3 is 2.59 bits per heavy atom. The molecule has 0 spiro atoms. The Morgan fingerprint density at radius 2 is 1.91 bits per heavy atom. The van der Waals surface area contributed by atoms with Crippen molar-refractivity contribution in [1.29, 1.82) is 0 Å². The molecule has 0 aliphatic heterocycles. The van der Waals surface area contributed by atoms with Gasteiger partial charge in [0.05, 0.1) is 19.3 Å². The van der Waals surface area contributed by atoms with E-state index in [2.05, 4.69) is 21.1 Å². The standard InChI is InChI=1S/C17H14BrNO3/c1-21-14-4-2-3-12(9-14)16-15(10-20)17(22-19-16)11-5-7-13(18)8-6-11/h2-9,20H,10H2,1H3. The summed E-state index contributed by atoms with van der Waals surface area (Å²) in [5.74, 6) is 1.31. The molecule has 1 N–H and O–H groups in total. The molecule has 0 radical (unpaired) electrons. The van der Waals surface area contributed by atoms with Crippen LogP contribution in [0.15, 0.2) is 57.5 Å². The van der Waals surface area contributed by atoms with Gasteiger partial charge in [-0.25, -0.2) is 0 Å². The molecule has 4 nitrogen and oxygen atoms in total. The third kappa shape index (κ3) is 2.77. The van der Waals surface area contributed by atoms with Crippen molar-refractivity contribution in [2.24, 2.45) is 0 Å². The van der Waals surface area contributed by atoms with Crippen molar-refractivity contribution in [1.82, 2.24) is 5.16 Å². The highest BCUT2D eigenvalue weighted by Crippen LogP contribution is 2.33. The molecular formula is C17H14BrNO3. The Bertz CT molecular complexity index is 781. The van der Waals surface area contributed by atoms with Crippen LogP contribution in [-0.2, 0) is 6.61 Å². The monoisotopic (exact) mass is 359 g/mol. The van der Waals surface area contributed by atoms with Crippen LogP contribution in [0.3, 0.4) is 0 Å². The van der Waals surface area contributed by atoms with Gasteiger partial charge in [0, 0.05) is 15.6 Å². The summed E-state index contributed by atoms with van der Waals surface area (Å²) in [4.78, 5) is 0. The zero-order valence-electron chi connectivity index (χ0n) is 11.9. The molecule has 0 aliphatic carbocycles. The first-order valence-electron chi connectivity index (χ1n) is 6.72. The number of methoxy groups -OCH3 is 1. The zero-order valence-corrected chi connectivity index (χ0v) is 13.5. The normalized spacial score (nSPS) is 10.7. The van der Waals surface area contributed by atoms with Crippen molar-refractivity contribution in [3.05, 3.63) is 58.6 Å². The molecule has 0 saturated heterocycles. The summed E-state index contributed by atoms with van der Waals surface area (Å²) in [6, 6.07) is 15.2. The summed E-state index contributed by atoms with van der Waals surface area (Å²) in [5.41, 5.74) is 3.00. The molecule has 3 aromatic rings. The number of aliphatic hydroxyl groups excluding tert-OH is 1. The number of ether oxygens (including phenoxy) is 1. The molecule has 5 heteroatoms. The van der Waals surface area contributed by atoms with Gasteiger partial charge >= 0.3 is 0 Å². The summed E-state index contributed by atoms with van der Waals surface area (Å²) in [6.07, 6.45) is 0. The van der Waals surface area contributed by atoms with E-state index >= 15 is 0 Å². The molecular weight excluding hydrogens is 346 g/mol. The van der Waals surface area contributed by atoms with Crippen LogP contribution < -0.4 is 4.74 Å². The molecule has 1 heterocycles. The molecule has 3 rings (SSSR count). The summed E-state index contributed by atoms with van der Waals surface area (Å²) in [6.45, 7) is -0.151. The highest BCUT2D eigenvalue weighted by Gasteiger charge is 2.18. The smallest absolute Gasteiger partial charge is 0.173 e. The fraction of sp³-hybridized carbons (Fsp3) is 0.118. The fourth-order valence-corrected chi connectivity index (χ4v) is 2.55. The van der Waals surface area contributed by atoms with Gasteiger partial charge < -0.3 is 14.4 Å². The number of aliphatic hydroxyl groups is 1. The molecule has 0 amide bonds. The Balaban J connectivity index is 2.08. The van der Waals surface area contributed by atoms with E-state index in [1.54, 1.807) is 7.11 Å². The largest absolute Gasteiger partial charge is 0.497 e. The second kappa shape index (κ2) is 6.34. The van der Waals surface area contributed by atoms with Crippen molar-refractivity contribution in [3.8, 4) is 28.3 Å². The average Bonchev–Trinajstić information content (AvgIpc) is 2.99. The molecule has 0 saturated carbocycles. The van der Waals surface area contributed by atoms with Gasteiger partial charge in [0.25, 0.3) is 0 Å². The van der Waals surface area contributed by atoms with Crippen molar-refractivity contribution >= 4 is 15.9 Å². The average molecular weight is 360 g/mol. The Kier molecular flexibility index (Phi) is 4.27. The first kappa shape index (κ1) is 14.8. The van der Waals surface area contributed by atoms with Gasteiger partial charge in [-0.2, -0.15) is 0 Å². The van der Waals surface area contributed by atoms with E-state index in [1.165, 1.54) is 0 Å². The van der Waals surface area contributed by atoms with E-state index in [1.807, 2.05) is 48.5 Å². The van der Waals surface area contributed by atoms with E-state index in [9.17, 15) is 5.11 Å². The van der Waals surface area contributed by atoms with Gasteiger partial charge in [-0.15, -0.1) is 0 Å². The minimum Gasteiger partial charge on any atom is -0.497 e. The number of hydrogen-bond acceptors (Lipinski definition) is 4. The lowest BCUT2D eigenvalue weighted by molar-refractivity contribution is 0.281. The van der Waals surface area contributed by atoms with Crippen LogP contribution in [0.2, 0.25) is 0 Å². The molecule has 0 atom stereocenters. The van der Waals surface area contributed by atoms with Crippen LogP contribution in [0.5, 0.6) is 5.75 Å². The molecule has 1 aromatic heterocycles. The summed E-state index contributed by atoms with van der Waals surface area (Å²) in [7, 11) is 1.61. The second-order valence-corrected chi connectivity index (χ2v) is 5.65. The van der Waals surface area contributed by atoms with E-state index in [4.69, 9.17) is 9.26 Å². The number of benzene rings is 2. The van der Waals surface area contributed by atoms with E-state index in [0.29, 0.717) is 17.0 Å². The Labute approximate surface area is 136 Å². The van der Waals surface area contributed by atoms with E-state index in [-0.39, 0.29) is 6.61 Å². The lowest BCUT2D eigenvalue weighted by atomic mass is 10.0. The number of halogens is 1. The topological polar surface area (TPSA) is 55.5 Å². The summed E-state index contributed by atoms with van der Waals surface area (Å²) < 4.78 is 11.7. The minimum absolute atomic E-state index is 0.151. The van der Waals surface area contributed by atoms with Crippen LogP contribution in [0.1, 0.15) is 5.56 Å². The predicted molar refractivity (Wildman–Crippen MR) is 87.5 cm³/mol. The molecule has 22 heavy (non-hydrogen) atoms. The van der Waals surface area contributed by atoms with Gasteiger partial charge in [0.15, 0.2) is 5.76 Å². The maximum absolute atomic E-state index is 9.75. The van der Waals surface area contributed by atoms with E-state index in [0.717, 1.165) is 21.3 Å². The molecule has 0 bridgehead atoms. The van der Waals surface area contributed by atoms with Crippen molar-refractivity contribution in [2.75, 3.05) is 7.11 Å². The predicted octanol–water partition coefficient (Wildman–Crippen LogP) is 4.27. The van der Waals surface area contributed by atoms with Gasteiger partial charge in [0.1, 0.15) is 11.4 Å². The van der Waals surface area contributed by atoms with Gasteiger partial charge in [0.2, 0.25) is 0 Å². The zero-order chi connectivity index (χ0) is 15.5. The number of hydrogen-bond donors (Lipinski definition) is 1. The molecule has 0 fully saturated rings. The number of rotatable bonds is 4. The molecule has 0 aliphatic rings. The number of aromatic nitrogens is 1. The fourth-order valence-electron chi connectivity index (χ4n) is 2.28. The maximum atomic E-state index is 9.75. The third-order valence-electron chi connectivity index (χ3n) is 3.40. The van der Waals surface area contributed by atoms with Crippen LogP contribution in [-0.4, -0.2) is 17.4 Å². The number of nitrogens with zero attached hydrogens (tertiary/aromatic N) is 1. The van der Waals surface area contributed by atoms with Crippen LogP contribution in [0.4, 0.5) is 0 Å². The van der Waals surface area contributed by atoms with Gasteiger partial charge in [-0.05, 0) is 24.3 Å². The van der Waals surface area contributed by atoms with Crippen LogP contribution >= 0.6 is 15.9 Å². The molecule has 2 aromatic carbocycles. The van der Waals surface area contributed by atoms with Gasteiger partial charge in [-0.1, -0.05) is 45.4 Å². The third-order valence-corrected chi connectivity index (χ3v) is 3.92. The van der Waals surface area contributed by atoms with Crippen LogP contribution in [0, 0.1) is 0 Å². The van der Waals surface area contributed by atoms with Gasteiger partial charge in [-0.3, -0.25) is 0 Å². The first-order valence-corrected chi connectivity index (χ1v) is 7.52. The quantitative estimate of drug-likeness (QED) is 0.755. The summed E-state index contributed by atoms with van der Waals surface area (Å²) in [5, 5.41) is 13.9. The second-order valence-electron chi connectivity index (χ2n) is 4.74. The van der Waals surface area contributed by atoms with Crippen molar-refractivity contribution in [3.63, 3.8) is 0 Å². The highest BCUT2D eigenvalue weighted by atomic mass is 79.9. The van der Waals surface area contributed by atoms with Crippen molar-refractivity contribution in [2.45, 2.75) is 6.61 Å². The minimum atomic E-state index is -0.151. The molecule has 112 valence electrons. The SMILES string of the molecule is COc1cccc(-c2noc(-c3ccc(Br)cc3)c2CO)c1. The molecule has 0 unspecified atom stereocenters. The Morgan fingerprint density at radius 1 is 1.14 bits per heavy atom. The maximum Gasteiger partial charge on any atom is 0.173 e. The Hall–Kier alpha value is -2.11. The first-order chi connectivity index (χ1) is 10.7. The lowest BCUT2D eigenvalue weighted by Crippen LogP contribution is -1.90. The van der Waals surface area contributed by atoms with Crippen LogP contribution in [0.25, 0.3) is 22.6 Å². The summed E-state index contributed by atoms with van der Waals surface area (Å²) >= 11 is 3.40. The van der Waals surface area contributed by atoms with E-state index < -0.39 is 0 Å². The highest BCUT2D eigenvalue weighted by molar-refractivity contribution is 9.10. The lowest BCUT2D eigenvalue weighted by Gasteiger charge is -2.04.